The third-order valence-corrected chi connectivity index (χ3v) is 7.05. The van der Waals surface area contributed by atoms with Crippen LogP contribution < -0.4 is 0 Å². The highest BCUT2D eigenvalue weighted by atomic mass is 16.5. The minimum Gasteiger partial charge on any atom is -0.462 e. The van der Waals surface area contributed by atoms with Crippen LogP contribution >= 0.6 is 0 Å². The molecule has 196 valence electrons. The van der Waals surface area contributed by atoms with Crippen molar-refractivity contribution in [1.29, 1.82) is 0 Å². The molecule has 1 atom stereocenters. The molecular weight excluding hydrogens is 420 g/mol. The van der Waals surface area contributed by atoms with Crippen molar-refractivity contribution >= 4 is 5.97 Å². The van der Waals surface area contributed by atoms with E-state index in [1.54, 1.807) is 12.1 Å². The Morgan fingerprint density at radius 3 is 1.65 bits per heavy atom. The molecular formula is C31H54O3. The summed E-state index contributed by atoms with van der Waals surface area (Å²) in [4.78, 5) is 11.9. The molecule has 1 rings (SSSR count). The van der Waals surface area contributed by atoms with E-state index in [-0.39, 0.29) is 12.1 Å². The standard InChI is InChI=1S/C31H54O3/c1-30(2,3)28(31(4,5)6)24-18-13-11-9-7-8-10-12-17-22-27(32)23-19-25-34-29(33)26-20-15-14-16-21-26/h14-16,20-21,27-28,32H,7-13,17-19,22-25H2,1-6H3. The van der Waals surface area contributed by atoms with Gasteiger partial charge in [-0.1, -0.05) is 118 Å². The van der Waals surface area contributed by atoms with Crippen molar-refractivity contribution < 1.29 is 14.6 Å². The van der Waals surface area contributed by atoms with E-state index in [4.69, 9.17) is 4.74 Å². The Balaban J connectivity index is 1.93. The number of hydrogen-bond acceptors (Lipinski definition) is 3. The molecule has 0 bridgehead atoms. The number of hydrogen-bond donors (Lipinski definition) is 1. The number of carbonyl (C=O) groups excluding carboxylic acids is 1. The van der Waals surface area contributed by atoms with Gasteiger partial charge in [-0.05, 0) is 54.6 Å². The van der Waals surface area contributed by atoms with Crippen LogP contribution in [0.2, 0.25) is 0 Å². The van der Waals surface area contributed by atoms with Crippen LogP contribution in [0.1, 0.15) is 135 Å². The number of benzene rings is 1. The zero-order valence-corrected chi connectivity index (χ0v) is 23.2. The van der Waals surface area contributed by atoms with Gasteiger partial charge >= 0.3 is 5.97 Å². The molecule has 0 saturated heterocycles. The zero-order chi connectivity index (χ0) is 25.5. The van der Waals surface area contributed by atoms with Gasteiger partial charge in [-0.3, -0.25) is 0 Å². The molecule has 1 aromatic carbocycles. The van der Waals surface area contributed by atoms with Crippen LogP contribution in [0.15, 0.2) is 30.3 Å². The number of esters is 1. The Kier molecular flexibility index (Phi) is 14.7. The van der Waals surface area contributed by atoms with Gasteiger partial charge in [-0.15, -0.1) is 0 Å². The molecule has 0 radical (unpaired) electrons. The topological polar surface area (TPSA) is 46.5 Å². The quantitative estimate of drug-likeness (QED) is 0.181. The molecule has 0 aromatic heterocycles. The molecule has 0 aliphatic heterocycles. The number of carbonyl (C=O) groups is 1. The predicted molar refractivity (Wildman–Crippen MR) is 145 cm³/mol. The van der Waals surface area contributed by atoms with Crippen molar-refractivity contribution in [2.24, 2.45) is 16.7 Å². The first kappa shape index (κ1) is 30.7. The third-order valence-electron chi connectivity index (χ3n) is 7.05. The van der Waals surface area contributed by atoms with E-state index in [1.165, 1.54) is 57.8 Å². The maximum Gasteiger partial charge on any atom is 0.338 e. The molecule has 3 nitrogen and oxygen atoms in total. The maximum atomic E-state index is 11.9. The fraction of sp³-hybridized carbons (Fsp3) is 0.774. The van der Waals surface area contributed by atoms with E-state index in [2.05, 4.69) is 41.5 Å². The second-order valence-corrected chi connectivity index (χ2v) is 12.3. The summed E-state index contributed by atoms with van der Waals surface area (Å²) in [5, 5.41) is 10.2. The first-order chi connectivity index (χ1) is 16.0. The van der Waals surface area contributed by atoms with Gasteiger partial charge in [-0.2, -0.15) is 0 Å². The number of rotatable bonds is 17. The smallest absolute Gasteiger partial charge is 0.338 e. The first-order valence-electron chi connectivity index (χ1n) is 13.9. The summed E-state index contributed by atoms with van der Waals surface area (Å²) in [6.07, 6.45) is 15.0. The number of unbranched alkanes of at least 4 members (excludes halogenated alkanes) is 8. The predicted octanol–water partition coefficient (Wildman–Crippen LogP) is 8.98. The van der Waals surface area contributed by atoms with Crippen molar-refractivity contribution in [2.75, 3.05) is 6.61 Å². The number of aliphatic hydroxyl groups is 1. The van der Waals surface area contributed by atoms with Gasteiger partial charge in [0.2, 0.25) is 0 Å². The SMILES string of the molecule is CC(C)(C)C(CCCCCCCCCCCC(O)CCCOC(=O)c1ccccc1)C(C)(C)C. The molecule has 0 saturated carbocycles. The maximum absolute atomic E-state index is 11.9. The monoisotopic (exact) mass is 474 g/mol. The Morgan fingerprint density at radius 1 is 0.706 bits per heavy atom. The van der Waals surface area contributed by atoms with Crippen LogP contribution in [0.4, 0.5) is 0 Å². The summed E-state index contributed by atoms with van der Waals surface area (Å²) >= 11 is 0. The average Bonchev–Trinajstić information content (AvgIpc) is 2.76. The Morgan fingerprint density at radius 2 is 1.15 bits per heavy atom. The summed E-state index contributed by atoms with van der Waals surface area (Å²) in [5.74, 6) is 0.494. The Labute approximate surface area is 211 Å². The van der Waals surface area contributed by atoms with Crippen LogP contribution in [0, 0.1) is 16.7 Å². The fourth-order valence-corrected chi connectivity index (χ4v) is 5.42. The number of aliphatic hydroxyl groups excluding tert-OH is 1. The lowest BCUT2D eigenvalue weighted by molar-refractivity contribution is 0.0474. The van der Waals surface area contributed by atoms with E-state index in [0.717, 1.165) is 18.8 Å². The second kappa shape index (κ2) is 16.3. The van der Waals surface area contributed by atoms with Crippen LogP contribution in [0.5, 0.6) is 0 Å². The minimum atomic E-state index is -0.283. The lowest BCUT2D eigenvalue weighted by Crippen LogP contribution is -2.32. The lowest BCUT2D eigenvalue weighted by Gasteiger charge is -2.41. The van der Waals surface area contributed by atoms with Gasteiger partial charge in [-0.25, -0.2) is 4.79 Å². The summed E-state index contributed by atoms with van der Waals surface area (Å²) in [6.45, 7) is 14.7. The van der Waals surface area contributed by atoms with Crippen molar-refractivity contribution in [3.05, 3.63) is 35.9 Å². The van der Waals surface area contributed by atoms with E-state index in [1.807, 2.05) is 18.2 Å². The first-order valence-corrected chi connectivity index (χ1v) is 13.9. The summed E-state index contributed by atoms with van der Waals surface area (Å²) in [7, 11) is 0. The van der Waals surface area contributed by atoms with Crippen molar-refractivity contribution in [1.82, 2.24) is 0 Å². The minimum absolute atomic E-state index is 0.277. The van der Waals surface area contributed by atoms with E-state index in [9.17, 15) is 9.90 Å². The highest BCUT2D eigenvalue weighted by molar-refractivity contribution is 5.89. The summed E-state index contributed by atoms with van der Waals surface area (Å²) < 4.78 is 5.27. The molecule has 1 N–H and O–H groups in total. The summed E-state index contributed by atoms with van der Waals surface area (Å²) in [6, 6.07) is 9.06. The molecule has 0 fully saturated rings. The largest absolute Gasteiger partial charge is 0.462 e. The summed E-state index contributed by atoms with van der Waals surface area (Å²) in [5.41, 5.74) is 1.36. The lowest BCUT2D eigenvalue weighted by atomic mass is 9.65. The highest BCUT2D eigenvalue weighted by Crippen LogP contribution is 2.43. The second-order valence-electron chi connectivity index (χ2n) is 12.3. The zero-order valence-electron chi connectivity index (χ0n) is 23.2. The molecule has 0 heterocycles. The molecule has 1 unspecified atom stereocenters. The van der Waals surface area contributed by atoms with Gasteiger partial charge in [0.05, 0.1) is 18.3 Å². The van der Waals surface area contributed by atoms with Gasteiger partial charge in [0.1, 0.15) is 0 Å². The van der Waals surface area contributed by atoms with Crippen molar-refractivity contribution in [3.63, 3.8) is 0 Å². The molecule has 0 aliphatic carbocycles. The molecule has 3 heteroatoms. The molecule has 0 spiro atoms. The van der Waals surface area contributed by atoms with E-state index >= 15 is 0 Å². The van der Waals surface area contributed by atoms with Crippen LogP contribution in [0.25, 0.3) is 0 Å². The number of ether oxygens (including phenoxy) is 1. The highest BCUT2D eigenvalue weighted by Gasteiger charge is 2.33. The van der Waals surface area contributed by atoms with Crippen LogP contribution in [0.3, 0.4) is 0 Å². The Bertz CT molecular complexity index is 625. The van der Waals surface area contributed by atoms with Gasteiger partial charge in [0.15, 0.2) is 0 Å². The van der Waals surface area contributed by atoms with E-state index in [0.29, 0.717) is 35.8 Å². The molecule has 34 heavy (non-hydrogen) atoms. The Hall–Kier alpha value is -1.35. The van der Waals surface area contributed by atoms with Gasteiger partial charge in [0.25, 0.3) is 0 Å². The molecule has 0 amide bonds. The van der Waals surface area contributed by atoms with Gasteiger partial charge < -0.3 is 9.84 Å². The normalized spacial score (nSPS) is 13.3. The fourth-order valence-electron chi connectivity index (χ4n) is 5.42. The van der Waals surface area contributed by atoms with Gasteiger partial charge in [0, 0.05) is 0 Å². The molecule has 1 aromatic rings. The van der Waals surface area contributed by atoms with Crippen molar-refractivity contribution in [2.45, 2.75) is 131 Å². The van der Waals surface area contributed by atoms with Crippen LogP contribution in [-0.2, 0) is 4.74 Å². The van der Waals surface area contributed by atoms with Crippen molar-refractivity contribution in [3.8, 4) is 0 Å². The molecule has 0 aliphatic rings. The average molecular weight is 475 g/mol. The van der Waals surface area contributed by atoms with E-state index < -0.39 is 0 Å². The van der Waals surface area contributed by atoms with Crippen LogP contribution in [-0.4, -0.2) is 23.8 Å². The third kappa shape index (κ3) is 14.1.